The zero-order valence-electron chi connectivity index (χ0n) is 12.4. The number of carbonyl (C=O) groups is 2. The van der Waals surface area contributed by atoms with Gasteiger partial charge in [0.25, 0.3) is 0 Å². The number of nitrogens with zero attached hydrogens (tertiary/aromatic N) is 1. The van der Waals surface area contributed by atoms with E-state index in [4.69, 9.17) is 10.5 Å². The van der Waals surface area contributed by atoms with Crippen LogP contribution in [0.1, 0.15) is 30.1 Å². The van der Waals surface area contributed by atoms with E-state index < -0.39 is 0 Å². The van der Waals surface area contributed by atoms with Crippen LogP contribution >= 0.6 is 0 Å². The van der Waals surface area contributed by atoms with E-state index in [1.54, 1.807) is 0 Å². The van der Waals surface area contributed by atoms with Crippen molar-refractivity contribution in [2.24, 2.45) is 11.7 Å². The second-order valence-corrected chi connectivity index (χ2v) is 5.19. The number of benzene rings is 1. The number of anilines is 1. The molecule has 1 aliphatic heterocycles. The third kappa shape index (κ3) is 3.82. The molecular weight excluding hydrogens is 268 g/mol. The Kier molecular flexibility index (Phi) is 5.33. The standard InChI is InChI=1S/C16H22N2O3/c1-2-21-16(20)13-7-9-18(10-8-13)14-5-3-12(4-6-14)15(19)11-17/h3-6,13H,2,7-11,17H2,1H3. The Morgan fingerprint density at radius 2 is 1.86 bits per heavy atom. The van der Waals surface area contributed by atoms with Gasteiger partial charge in [-0.15, -0.1) is 0 Å². The topological polar surface area (TPSA) is 72.6 Å². The van der Waals surface area contributed by atoms with Crippen LogP contribution in [-0.4, -0.2) is 38.0 Å². The Labute approximate surface area is 125 Å². The minimum atomic E-state index is -0.0824. The highest BCUT2D eigenvalue weighted by Crippen LogP contribution is 2.24. The summed E-state index contributed by atoms with van der Waals surface area (Å²) in [7, 11) is 0. The zero-order valence-corrected chi connectivity index (χ0v) is 12.4. The van der Waals surface area contributed by atoms with E-state index in [0.717, 1.165) is 31.6 Å². The Morgan fingerprint density at radius 1 is 1.24 bits per heavy atom. The van der Waals surface area contributed by atoms with Crippen LogP contribution in [0.4, 0.5) is 5.69 Å². The number of carbonyl (C=O) groups excluding carboxylic acids is 2. The minimum absolute atomic E-state index is 0.0132. The smallest absolute Gasteiger partial charge is 0.309 e. The lowest BCUT2D eigenvalue weighted by Gasteiger charge is -2.32. The largest absolute Gasteiger partial charge is 0.466 e. The first kappa shape index (κ1) is 15.5. The summed E-state index contributed by atoms with van der Waals surface area (Å²) in [4.78, 5) is 25.4. The second kappa shape index (κ2) is 7.22. The van der Waals surface area contributed by atoms with Crippen molar-refractivity contribution in [3.05, 3.63) is 29.8 Å². The maximum absolute atomic E-state index is 11.7. The van der Waals surface area contributed by atoms with Gasteiger partial charge in [0.15, 0.2) is 5.78 Å². The fraction of sp³-hybridized carbons (Fsp3) is 0.500. The number of rotatable bonds is 5. The molecule has 1 fully saturated rings. The molecule has 0 spiro atoms. The van der Waals surface area contributed by atoms with Gasteiger partial charge < -0.3 is 15.4 Å². The average molecular weight is 290 g/mol. The fourth-order valence-corrected chi connectivity index (χ4v) is 2.61. The number of piperidine rings is 1. The lowest BCUT2D eigenvalue weighted by Crippen LogP contribution is -2.37. The maximum Gasteiger partial charge on any atom is 0.309 e. The molecule has 21 heavy (non-hydrogen) atoms. The summed E-state index contributed by atoms with van der Waals surface area (Å²) in [5.74, 6) is -0.122. The van der Waals surface area contributed by atoms with E-state index in [-0.39, 0.29) is 24.2 Å². The van der Waals surface area contributed by atoms with Crippen LogP contribution in [0.3, 0.4) is 0 Å². The summed E-state index contributed by atoms with van der Waals surface area (Å²) in [6, 6.07) is 7.49. The van der Waals surface area contributed by atoms with Gasteiger partial charge in [-0.05, 0) is 44.0 Å². The van der Waals surface area contributed by atoms with Crippen LogP contribution in [-0.2, 0) is 9.53 Å². The molecule has 1 aromatic carbocycles. The first-order valence-corrected chi connectivity index (χ1v) is 7.40. The summed E-state index contributed by atoms with van der Waals surface area (Å²) in [6.45, 7) is 3.96. The van der Waals surface area contributed by atoms with Crippen LogP contribution < -0.4 is 10.6 Å². The molecule has 0 atom stereocenters. The van der Waals surface area contributed by atoms with Crippen molar-refractivity contribution in [1.82, 2.24) is 0 Å². The molecule has 1 heterocycles. The molecule has 0 aliphatic carbocycles. The van der Waals surface area contributed by atoms with Gasteiger partial charge in [0.2, 0.25) is 0 Å². The van der Waals surface area contributed by atoms with Gasteiger partial charge in [-0.2, -0.15) is 0 Å². The number of ether oxygens (including phenoxy) is 1. The molecule has 0 radical (unpaired) electrons. The lowest BCUT2D eigenvalue weighted by atomic mass is 9.96. The van der Waals surface area contributed by atoms with Crippen LogP contribution in [0.15, 0.2) is 24.3 Å². The van der Waals surface area contributed by atoms with E-state index >= 15 is 0 Å². The highest BCUT2D eigenvalue weighted by atomic mass is 16.5. The Bertz CT molecular complexity index is 491. The van der Waals surface area contributed by atoms with Gasteiger partial charge in [0.1, 0.15) is 0 Å². The van der Waals surface area contributed by atoms with Gasteiger partial charge in [0.05, 0.1) is 19.1 Å². The molecule has 2 N–H and O–H groups in total. The molecule has 0 saturated carbocycles. The van der Waals surface area contributed by atoms with Crippen molar-refractivity contribution >= 4 is 17.4 Å². The third-order valence-electron chi connectivity index (χ3n) is 3.85. The molecule has 114 valence electrons. The lowest BCUT2D eigenvalue weighted by molar-refractivity contribution is -0.148. The van der Waals surface area contributed by atoms with Crippen LogP contribution in [0.5, 0.6) is 0 Å². The fourth-order valence-electron chi connectivity index (χ4n) is 2.61. The first-order chi connectivity index (χ1) is 10.2. The third-order valence-corrected chi connectivity index (χ3v) is 3.85. The van der Waals surface area contributed by atoms with Gasteiger partial charge in [-0.25, -0.2) is 0 Å². The Morgan fingerprint density at radius 3 is 2.38 bits per heavy atom. The minimum Gasteiger partial charge on any atom is -0.466 e. The predicted octanol–water partition coefficient (Wildman–Crippen LogP) is 1.61. The number of hydrogen-bond donors (Lipinski definition) is 1. The highest BCUT2D eigenvalue weighted by molar-refractivity contribution is 5.97. The van der Waals surface area contributed by atoms with E-state index in [1.165, 1.54) is 0 Å². The van der Waals surface area contributed by atoms with Crippen LogP contribution in [0.25, 0.3) is 0 Å². The zero-order chi connectivity index (χ0) is 15.2. The average Bonchev–Trinajstić information content (AvgIpc) is 2.54. The first-order valence-electron chi connectivity index (χ1n) is 7.40. The molecule has 0 amide bonds. The van der Waals surface area contributed by atoms with Gasteiger partial charge in [-0.3, -0.25) is 9.59 Å². The quantitative estimate of drug-likeness (QED) is 0.659. The van der Waals surface area contributed by atoms with E-state index in [9.17, 15) is 9.59 Å². The van der Waals surface area contributed by atoms with Gasteiger partial charge in [0, 0.05) is 24.3 Å². The SMILES string of the molecule is CCOC(=O)C1CCN(c2ccc(C(=O)CN)cc2)CC1. The summed E-state index contributed by atoms with van der Waals surface area (Å²) in [5.41, 5.74) is 7.07. The predicted molar refractivity (Wildman–Crippen MR) is 81.4 cm³/mol. The van der Waals surface area contributed by atoms with E-state index in [0.29, 0.717) is 12.2 Å². The summed E-state index contributed by atoms with van der Waals surface area (Å²) < 4.78 is 5.07. The molecule has 1 aromatic rings. The van der Waals surface area contributed by atoms with Gasteiger partial charge in [-0.1, -0.05) is 0 Å². The maximum atomic E-state index is 11.7. The van der Waals surface area contributed by atoms with Crippen molar-refractivity contribution < 1.29 is 14.3 Å². The molecule has 5 nitrogen and oxygen atoms in total. The molecule has 0 aromatic heterocycles. The molecule has 5 heteroatoms. The van der Waals surface area contributed by atoms with Crippen molar-refractivity contribution in [3.63, 3.8) is 0 Å². The number of ketones is 1. The molecule has 2 rings (SSSR count). The van der Waals surface area contributed by atoms with Crippen molar-refractivity contribution in [3.8, 4) is 0 Å². The monoisotopic (exact) mass is 290 g/mol. The summed E-state index contributed by atoms with van der Waals surface area (Å²) >= 11 is 0. The number of esters is 1. The molecular formula is C16H22N2O3. The van der Waals surface area contributed by atoms with Crippen molar-refractivity contribution in [1.29, 1.82) is 0 Å². The molecule has 0 unspecified atom stereocenters. The highest BCUT2D eigenvalue weighted by Gasteiger charge is 2.26. The van der Waals surface area contributed by atoms with Crippen LogP contribution in [0, 0.1) is 5.92 Å². The summed E-state index contributed by atoms with van der Waals surface area (Å²) in [6.07, 6.45) is 1.62. The van der Waals surface area contributed by atoms with Gasteiger partial charge >= 0.3 is 5.97 Å². The number of hydrogen-bond acceptors (Lipinski definition) is 5. The van der Waals surface area contributed by atoms with Crippen LogP contribution in [0.2, 0.25) is 0 Å². The Hall–Kier alpha value is -1.88. The number of nitrogens with two attached hydrogens (primary N) is 1. The van der Waals surface area contributed by atoms with Crippen molar-refractivity contribution in [2.75, 3.05) is 31.1 Å². The molecule has 1 aliphatic rings. The Balaban J connectivity index is 1.93. The normalized spacial score (nSPS) is 15.8. The molecule has 0 bridgehead atoms. The van der Waals surface area contributed by atoms with E-state index in [2.05, 4.69) is 4.90 Å². The summed E-state index contributed by atoms with van der Waals surface area (Å²) in [5, 5.41) is 0. The number of Topliss-reactive ketones (excluding diaryl/α,β-unsaturated/α-hetero) is 1. The second-order valence-electron chi connectivity index (χ2n) is 5.19. The van der Waals surface area contributed by atoms with E-state index in [1.807, 2.05) is 31.2 Å². The van der Waals surface area contributed by atoms with Crippen molar-refractivity contribution in [2.45, 2.75) is 19.8 Å². The molecule has 1 saturated heterocycles.